The molecule has 0 amide bonds. The van der Waals surface area contributed by atoms with Crippen LogP contribution in [0.5, 0.6) is 0 Å². The van der Waals surface area contributed by atoms with Crippen LogP contribution in [0.25, 0.3) is 0 Å². The van der Waals surface area contributed by atoms with Crippen LogP contribution in [0, 0.1) is 0 Å². The molecule has 0 aromatic rings. The van der Waals surface area contributed by atoms with Gasteiger partial charge in [-0.15, -0.1) is 0 Å². The molecule has 0 heterocycles. The van der Waals surface area contributed by atoms with Crippen LogP contribution in [0.2, 0.25) is 0 Å². The van der Waals surface area contributed by atoms with E-state index in [2.05, 4.69) is 13.0 Å². The van der Waals surface area contributed by atoms with Crippen molar-refractivity contribution in [1.29, 1.82) is 0 Å². The Labute approximate surface area is 157 Å². The second-order valence-electron chi connectivity index (χ2n) is 8.00. The van der Waals surface area contributed by atoms with E-state index in [1.807, 2.05) is 26.8 Å². The topological polar surface area (TPSA) is 26.3 Å². The highest BCUT2D eigenvalue weighted by Crippen LogP contribution is 2.12. The number of esters is 1. The maximum absolute atomic E-state index is 11.5. The lowest BCUT2D eigenvalue weighted by molar-refractivity contribution is -0.148. The summed E-state index contributed by atoms with van der Waals surface area (Å²) >= 11 is 0. The summed E-state index contributed by atoms with van der Waals surface area (Å²) < 4.78 is 5.20. The normalized spacial score (nSPS) is 12.3. The molecular formula is C23H42O2. The van der Waals surface area contributed by atoms with E-state index in [0.29, 0.717) is 0 Å². The number of allylic oxidation sites excluding steroid dienone is 3. The van der Waals surface area contributed by atoms with Crippen molar-refractivity contribution in [2.24, 2.45) is 0 Å². The van der Waals surface area contributed by atoms with Crippen LogP contribution >= 0.6 is 0 Å². The van der Waals surface area contributed by atoms with Crippen LogP contribution in [0.15, 0.2) is 24.3 Å². The number of hydrogen-bond acceptors (Lipinski definition) is 2. The first kappa shape index (κ1) is 23.9. The van der Waals surface area contributed by atoms with Gasteiger partial charge in [0.1, 0.15) is 5.60 Å². The molecule has 0 aliphatic heterocycles. The standard InChI is InChI=1S/C23H42O2/c1-5-6-7-8-9-10-11-12-13-14-15-16-17-18-19-20-21-22(24)25-23(2,3)4/h18-21H,5-17H2,1-4H3. The van der Waals surface area contributed by atoms with Crippen LogP contribution in [0.3, 0.4) is 0 Å². The van der Waals surface area contributed by atoms with E-state index in [4.69, 9.17) is 4.74 Å². The fraction of sp³-hybridized carbons (Fsp3) is 0.783. The van der Waals surface area contributed by atoms with E-state index in [-0.39, 0.29) is 5.97 Å². The average molecular weight is 351 g/mol. The molecule has 0 radical (unpaired) electrons. The van der Waals surface area contributed by atoms with E-state index in [9.17, 15) is 4.79 Å². The minimum Gasteiger partial charge on any atom is -0.457 e. The first-order chi connectivity index (χ1) is 12.0. The second kappa shape index (κ2) is 16.4. The molecule has 0 rings (SSSR count). The molecule has 0 aliphatic carbocycles. The molecule has 146 valence electrons. The maximum atomic E-state index is 11.5. The zero-order chi connectivity index (χ0) is 18.8. The van der Waals surface area contributed by atoms with Gasteiger partial charge in [0.25, 0.3) is 0 Å². The first-order valence-corrected chi connectivity index (χ1v) is 10.5. The van der Waals surface area contributed by atoms with E-state index in [1.165, 1.54) is 83.1 Å². The molecule has 0 saturated heterocycles. The molecule has 0 fully saturated rings. The summed E-state index contributed by atoms with van der Waals surface area (Å²) in [5, 5.41) is 0. The molecule has 0 unspecified atom stereocenters. The Morgan fingerprint density at radius 2 is 1.24 bits per heavy atom. The number of carbonyl (C=O) groups excluding carboxylic acids is 1. The van der Waals surface area contributed by atoms with Crippen LogP contribution in [-0.2, 0) is 9.53 Å². The van der Waals surface area contributed by atoms with E-state index < -0.39 is 5.60 Å². The highest BCUT2D eigenvalue weighted by atomic mass is 16.6. The molecule has 25 heavy (non-hydrogen) atoms. The summed E-state index contributed by atoms with van der Waals surface area (Å²) in [5.74, 6) is -0.275. The van der Waals surface area contributed by atoms with Gasteiger partial charge < -0.3 is 4.74 Å². The molecule has 0 spiro atoms. The largest absolute Gasteiger partial charge is 0.457 e. The highest BCUT2D eigenvalue weighted by molar-refractivity contribution is 5.82. The summed E-state index contributed by atoms with van der Waals surface area (Å²) in [5.41, 5.74) is -0.416. The monoisotopic (exact) mass is 350 g/mol. The third-order valence-electron chi connectivity index (χ3n) is 4.11. The Balaban J connectivity index is 3.34. The lowest BCUT2D eigenvalue weighted by Crippen LogP contribution is -2.22. The van der Waals surface area contributed by atoms with Gasteiger partial charge in [0.2, 0.25) is 0 Å². The van der Waals surface area contributed by atoms with Gasteiger partial charge in [0.05, 0.1) is 0 Å². The molecule has 0 aliphatic rings. The Kier molecular flexibility index (Phi) is 15.7. The van der Waals surface area contributed by atoms with Crippen molar-refractivity contribution in [3.05, 3.63) is 24.3 Å². The van der Waals surface area contributed by atoms with Gasteiger partial charge >= 0.3 is 5.97 Å². The summed E-state index contributed by atoms with van der Waals surface area (Å²) in [4.78, 5) is 11.5. The smallest absolute Gasteiger partial charge is 0.331 e. The Morgan fingerprint density at radius 1 is 0.760 bits per heavy atom. The minimum atomic E-state index is -0.416. The molecular weight excluding hydrogens is 308 g/mol. The van der Waals surface area contributed by atoms with Crippen molar-refractivity contribution in [3.8, 4) is 0 Å². The molecule has 0 saturated carbocycles. The zero-order valence-electron chi connectivity index (χ0n) is 17.3. The lowest BCUT2D eigenvalue weighted by atomic mass is 10.0. The average Bonchev–Trinajstić information content (AvgIpc) is 2.53. The predicted octanol–water partition coefficient (Wildman–Crippen LogP) is 7.53. The van der Waals surface area contributed by atoms with Crippen molar-refractivity contribution < 1.29 is 9.53 Å². The predicted molar refractivity (Wildman–Crippen MR) is 110 cm³/mol. The second-order valence-corrected chi connectivity index (χ2v) is 8.00. The quantitative estimate of drug-likeness (QED) is 0.132. The molecule has 0 bridgehead atoms. The first-order valence-electron chi connectivity index (χ1n) is 10.5. The summed E-state index contributed by atoms with van der Waals surface area (Å²) in [6.45, 7) is 7.91. The number of ether oxygens (including phenoxy) is 1. The van der Waals surface area contributed by atoms with Gasteiger partial charge in [-0.3, -0.25) is 0 Å². The van der Waals surface area contributed by atoms with E-state index >= 15 is 0 Å². The SMILES string of the molecule is CCCCCCCCCCCCCCC=CC=CC(=O)OC(C)(C)C. The number of carbonyl (C=O) groups is 1. The third kappa shape index (κ3) is 20.9. The molecule has 0 atom stereocenters. The van der Waals surface area contributed by atoms with Crippen LogP contribution in [0.1, 0.15) is 111 Å². The third-order valence-corrected chi connectivity index (χ3v) is 4.11. The minimum absolute atomic E-state index is 0.275. The highest BCUT2D eigenvalue weighted by Gasteiger charge is 2.13. The van der Waals surface area contributed by atoms with Gasteiger partial charge in [-0.05, 0) is 33.6 Å². The van der Waals surface area contributed by atoms with Crippen LogP contribution in [-0.4, -0.2) is 11.6 Å². The van der Waals surface area contributed by atoms with Gasteiger partial charge in [-0.25, -0.2) is 4.79 Å². The fourth-order valence-electron chi connectivity index (χ4n) is 2.75. The number of hydrogen-bond donors (Lipinski definition) is 0. The lowest BCUT2D eigenvalue weighted by Gasteiger charge is -2.17. The van der Waals surface area contributed by atoms with Crippen molar-refractivity contribution in [3.63, 3.8) is 0 Å². The number of rotatable bonds is 15. The van der Waals surface area contributed by atoms with Gasteiger partial charge in [-0.1, -0.05) is 95.8 Å². The summed E-state index contributed by atoms with van der Waals surface area (Å²) in [6, 6.07) is 0. The Morgan fingerprint density at radius 3 is 1.72 bits per heavy atom. The summed E-state index contributed by atoms with van der Waals surface area (Å²) in [6.07, 6.45) is 25.0. The summed E-state index contributed by atoms with van der Waals surface area (Å²) in [7, 11) is 0. The Bertz CT molecular complexity index is 361. The molecule has 0 N–H and O–H groups in total. The van der Waals surface area contributed by atoms with Gasteiger partial charge in [0.15, 0.2) is 0 Å². The molecule has 0 aromatic carbocycles. The van der Waals surface area contributed by atoms with Crippen molar-refractivity contribution >= 4 is 5.97 Å². The van der Waals surface area contributed by atoms with Crippen molar-refractivity contribution in [1.82, 2.24) is 0 Å². The van der Waals surface area contributed by atoms with Crippen molar-refractivity contribution in [2.45, 2.75) is 117 Å². The molecule has 2 heteroatoms. The molecule has 2 nitrogen and oxygen atoms in total. The molecule has 0 aromatic heterocycles. The maximum Gasteiger partial charge on any atom is 0.331 e. The Hall–Kier alpha value is -1.05. The van der Waals surface area contributed by atoms with Crippen molar-refractivity contribution in [2.75, 3.05) is 0 Å². The van der Waals surface area contributed by atoms with Crippen LogP contribution in [0.4, 0.5) is 0 Å². The zero-order valence-corrected chi connectivity index (χ0v) is 17.3. The number of unbranched alkanes of at least 4 members (excludes halogenated alkanes) is 12. The van der Waals surface area contributed by atoms with E-state index in [1.54, 1.807) is 6.08 Å². The van der Waals surface area contributed by atoms with Gasteiger partial charge in [0, 0.05) is 6.08 Å². The van der Waals surface area contributed by atoms with Gasteiger partial charge in [-0.2, -0.15) is 0 Å². The van der Waals surface area contributed by atoms with Crippen LogP contribution < -0.4 is 0 Å². The van der Waals surface area contributed by atoms with E-state index in [0.717, 1.165) is 6.42 Å². The fourth-order valence-corrected chi connectivity index (χ4v) is 2.75.